The van der Waals surface area contributed by atoms with Gasteiger partial charge < -0.3 is 14.8 Å². The first-order valence-electron chi connectivity index (χ1n) is 6.35. The van der Waals surface area contributed by atoms with E-state index in [4.69, 9.17) is 9.84 Å². The molecular formula is C14H11FN2O4. The maximum atomic E-state index is 13.6. The van der Waals surface area contributed by atoms with Crippen molar-refractivity contribution in [2.24, 2.45) is 0 Å². The van der Waals surface area contributed by atoms with Gasteiger partial charge in [0.05, 0.1) is 6.07 Å². The fourth-order valence-corrected chi connectivity index (χ4v) is 1.97. The molecule has 6 nitrogen and oxygen atoms in total. The van der Waals surface area contributed by atoms with Gasteiger partial charge in [0.2, 0.25) is 5.88 Å². The number of aromatic nitrogens is 2. The third kappa shape index (κ3) is 2.76. The van der Waals surface area contributed by atoms with E-state index in [1.165, 1.54) is 12.1 Å². The number of rotatable bonds is 4. The van der Waals surface area contributed by atoms with Crippen molar-refractivity contribution in [3.8, 4) is 11.6 Å². The maximum Gasteiger partial charge on any atom is 0.342 e. The molecule has 0 atom stereocenters. The topological polar surface area (TPSA) is 92.3 Å². The van der Waals surface area contributed by atoms with Gasteiger partial charge in [-0.1, -0.05) is 6.07 Å². The van der Waals surface area contributed by atoms with E-state index in [9.17, 15) is 14.0 Å². The summed E-state index contributed by atoms with van der Waals surface area (Å²) in [4.78, 5) is 29.4. The zero-order chi connectivity index (χ0) is 15.0. The van der Waals surface area contributed by atoms with Crippen LogP contribution in [0.5, 0.6) is 11.6 Å². The summed E-state index contributed by atoms with van der Waals surface area (Å²) in [6.07, 6.45) is 1.87. The predicted octanol–water partition coefficient (Wildman–Crippen LogP) is 2.28. The Hall–Kier alpha value is -2.70. The number of carboxylic acid groups (broad SMARTS) is 1. The minimum Gasteiger partial charge on any atom is -0.477 e. The number of nitrogens with zero attached hydrogens (tertiary/aromatic N) is 1. The Kier molecular flexibility index (Phi) is 3.17. The Balaban J connectivity index is 1.99. The highest BCUT2D eigenvalue weighted by Gasteiger charge is 2.27. The van der Waals surface area contributed by atoms with Gasteiger partial charge in [0.15, 0.2) is 0 Å². The van der Waals surface area contributed by atoms with E-state index < -0.39 is 22.9 Å². The SMILES string of the molecule is O=C(O)c1c(F)cccc1Oc1cc(=O)[nH]c(C2CC2)n1. The molecule has 1 saturated carbocycles. The van der Waals surface area contributed by atoms with E-state index in [1.54, 1.807) is 0 Å². The Morgan fingerprint density at radius 3 is 2.86 bits per heavy atom. The number of carboxylic acids is 1. The molecule has 1 fully saturated rings. The molecule has 0 radical (unpaired) electrons. The van der Waals surface area contributed by atoms with Crippen LogP contribution in [0, 0.1) is 5.82 Å². The summed E-state index contributed by atoms with van der Waals surface area (Å²) in [6.45, 7) is 0. The highest BCUT2D eigenvalue weighted by atomic mass is 19.1. The largest absolute Gasteiger partial charge is 0.477 e. The van der Waals surface area contributed by atoms with Crippen LogP contribution in [-0.2, 0) is 0 Å². The van der Waals surface area contributed by atoms with Crippen LogP contribution in [0.4, 0.5) is 4.39 Å². The Morgan fingerprint density at radius 2 is 2.19 bits per heavy atom. The highest BCUT2D eigenvalue weighted by Crippen LogP contribution is 2.38. The van der Waals surface area contributed by atoms with Gasteiger partial charge in [-0.3, -0.25) is 4.79 Å². The summed E-state index contributed by atoms with van der Waals surface area (Å²) in [5, 5.41) is 9.02. The molecule has 108 valence electrons. The van der Waals surface area contributed by atoms with Gasteiger partial charge in [0.1, 0.15) is 23.0 Å². The highest BCUT2D eigenvalue weighted by molar-refractivity contribution is 5.91. The number of benzene rings is 1. The van der Waals surface area contributed by atoms with E-state index in [1.807, 2.05) is 0 Å². The van der Waals surface area contributed by atoms with Crippen LogP contribution >= 0.6 is 0 Å². The minimum absolute atomic E-state index is 0.0475. The number of halogens is 1. The van der Waals surface area contributed by atoms with Gasteiger partial charge in [0, 0.05) is 5.92 Å². The van der Waals surface area contributed by atoms with Crippen molar-refractivity contribution in [2.75, 3.05) is 0 Å². The van der Waals surface area contributed by atoms with E-state index in [-0.39, 0.29) is 17.5 Å². The van der Waals surface area contributed by atoms with Crippen LogP contribution in [0.2, 0.25) is 0 Å². The maximum absolute atomic E-state index is 13.6. The van der Waals surface area contributed by atoms with Gasteiger partial charge in [-0.05, 0) is 25.0 Å². The molecule has 1 aromatic heterocycles. The molecule has 1 aliphatic rings. The lowest BCUT2D eigenvalue weighted by molar-refractivity contribution is 0.0689. The lowest BCUT2D eigenvalue weighted by Gasteiger charge is -2.09. The van der Waals surface area contributed by atoms with E-state index in [2.05, 4.69) is 9.97 Å². The standard InChI is InChI=1S/C14H11FN2O4/c15-8-2-1-3-9(12(8)14(19)20)21-11-6-10(18)16-13(17-11)7-4-5-7/h1-3,6-7H,4-5H2,(H,19,20)(H,16,17,18). The van der Waals surface area contributed by atoms with Crippen molar-refractivity contribution < 1.29 is 19.0 Å². The van der Waals surface area contributed by atoms with Crippen LogP contribution in [-0.4, -0.2) is 21.0 Å². The number of aromatic carboxylic acids is 1. The first kappa shape index (κ1) is 13.3. The molecule has 0 amide bonds. The molecular weight excluding hydrogens is 279 g/mol. The molecule has 1 aromatic carbocycles. The summed E-state index contributed by atoms with van der Waals surface area (Å²) in [5.74, 6) is -1.89. The molecule has 2 aromatic rings. The average Bonchev–Trinajstić information content (AvgIpc) is 3.21. The smallest absolute Gasteiger partial charge is 0.342 e. The van der Waals surface area contributed by atoms with Crippen LogP contribution < -0.4 is 10.3 Å². The fourth-order valence-electron chi connectivity index (χ4n) is 1.97. The number of nitrogens with one attached hydrogen (secondary N) is 1. The lowest BCUT2D eigenvalue weighted by atomic mass is 10.2. The fraction of sp³-hybridized carbons (Fsp3) is 0.214. The molecule has 3 rings (SSSR count). The van der Waals surface area contributed by atoms with Crippen LogP contribution in [0.3, 0.4) is 0 Å². The number of H-pyrrole nitrogens is 1. The number of hydrogen-bond donors (Lipinski definition) is 2. The second-order valence-electron chi connectivity index (χ2n) is 4.76. The van der Waals surface area contributed by atoms with Crippen molar-refractivity contribution in [1.82, 2.24) is 9.97 Å². The number of ether oxygens (including phenoxy) is 1. The second kappa shape index (κ2) is 5.01. The summed E-state index contributed by atoms with van der Waals surface area (Å²) < 4.78 is 18.9. The van der Waals surface area contributed by atoms with Gasteiger partial charge in [-0.2, -0.15) is 4.98 Å². The van der Waals surface area contributed by atoms with E-state index >= 15 is 0 Å². The predicted molar refractivity (Wildman–Crippen MR) is 70.3 cm³/mol. The molecule has 0 bridgehead atoms. The number of carbonyl (C=O) groups is 1. The normalized spacial score (nSPS) is 14.0. The number of aromatic amines is 1. The Labute approximate surface area is 118 Å². The molecule has 1 aliphatic carbocycles. The van der Waals surface area contributed by atoms with Crippen molar-refractivity contribution in [3.63, 3.8) is 0 Å². The van der Waals surface area contributed by atoms with Crippen molar-refractivity contribution >= 4 is 5.97 Å². The van der Waals surface area contributed by atoms with Crippen molar-refractivity contribution in [1.29, 1.82) is 0 Å². The van der Waals surface area contributed by atoms with Gasteiger partial charge in [0.25, 0.3) is 5.56 Å². The summed E-state index contributed by atoms with van der Waals surface area (Å²) in [5.41, 5.74) is -0.984. The lowest BCUT2D eigenvalue weighted by Crippen LogP contribution is -2.11. The third-order valence-electron chi connectivity index (χ3n) is 3.10. The zero-order valence-electron chi connectivity index (χ0n) is 10.8. The molecule has 7 heteroatoms. The van der Waals surface area contributed by atoms with E-state index in [0.717, 1.165) is 25.0 Å². The number of hydrogen-bond acceptors (Lipinski definition) is 4. The molecule has 0 aliphatic heterocycles. The monoisotopic (exact) mass is 290 g/mol. The Bertz CT molecular complexity index is 768. The quantitative estimate of drug-likeness (QED) is 0.901. The molecule has 0 spiro atoms. The van der Waals surface area contributed by atoms with Gasteiger partial charge in [-0.15, -0.1) is 0 Å². The minimum atomic E-state index is -1.45. The van der Waals surface area contributed by atoms with Crippen molar-refractivity contribution in [2.45, 2.75) is 18.8 Å². The summed E-state index contributed by atoms with van der Waals surface area (Å²) in [6, 6.07) is 4.76. The molecule has 21 heavy (non-hydrogen) atoms. The Morgan fingerprint density at radius 1 is 1.43 bits per heavy atom. The zero-order valence-corrected chi connectivity index (χ0v) is 10.8. The summed E-state index contributed by atoms with van der Waals surface area (Å²) in [7, 11) is 0. The van der Waals surface area contributed by atoms with Crippen LogP contribution in [0.1, 0.15) is 34.9 Å². The third-order valence-corrected chi connectivity index (χ3v) is 3.10. The average molecular weight is 290 g/mol. The van der Waals surface area contributed by atoms with E-state index in [0.29, 0.717) is 5.82 Å². The molecule has 1 heterocycles. The first-order chi connectivity index (χ1) is 10.0. The van der Waals surface area contributed by atoms with Crippen LogP contribution in [0.25, 0.3) is 0 Å². The first-order valence-corrected chi connectivity index (χ1v) is 6.35. The molecule has 2 N–H and O–H groups in total. The second-order valence-corrected chi connectivity index (χ2v) is 4.76. The summed E-state index contributed by atoms with van der Waals surface area (Å²) >= 11 is 0. The van der Waals surface area contributed by atoms with Gasteiger partial charge >= 0.3 is 5.97 Å². The molecule has 0 unspecified atom stereocenters. The van der Waals surface area contributed by atoms with Crippen LogP contribution in [0.15, 0.2) is 29.1 Å². The van der Waals surface area contributed by atoms with Crippen molar-refractivity contribution in [3.05, 3.63) is 51.8 Å². The van der Waals surface area contributed by atoms with Gasteiger partial charge in [-0.25, -0.2) is 9.18 Å². The molecule has 0 saturated heterocycles.